The number of hydrogen-bond donors (Lipinski definition) is 0. The van der Waals surface area contributed by atoms with Gasteiger partial charge in [-0.05, 0) is 62.1 Å². The van der Waals surface area contributed by atoms with E-state index < -0.39 is 18.0 Å². The van der Waals surface area contributed by atoms with Crippen LogP contribution >= 0.6 is 11.6 Å². The Bertz CT molecular complexity index is 1910. The van der Waals surface area contributed by atoms with Crippen LogP contribution in [0.4, 0.5) is 10.2 Å². The summed E-state index contributed by atoms with van der Waals surface area (Å²) in [5.41, 5.74) is 1.85. The van der Waals surface area contributed by atoms with Crippen LogP contribution in [0.25, 0.3) is 34.1 Å². The number of hydrogen-bond acceptors (Lipinski definition) is 6. The van der Waals surface area contributed by atoms with E-state index in [2.05, 4.69) is 16.5 Å². The van der Waals surface area contributed by atoms with E-state index in [0.29, 0.717) is 35.7 Å². The number of nitrogens with zero attached hydrogens (tertiary/aromatic N) is 6. The Morgan fingerprint density at radius 2 is 1.95 bits per heavy atom. The molecule has 4 aromatic rings. The summed E-state index contributed by atoms with van der Waals surface area (Å²) in [6, 6.07) is 7.27. The first-order valence-corrected chi connectivity index (χ1v) is 14.4. The van der Waals surface area contributed by atoms with Crippen molar-refractivity contribution in [2.45, 2.75) is 52.6 Å². The van der Waals surface area contributed by atoms with Gasteiger partial charge in [0.15, 0.2) is 5.65 Å². The molecule has 1 fully saturated rings. The standard InChI is InChI=1S/C33H34ClFN6O2/c1-8-22-11-10-12-25(35)27(22)29-24(34)15-23-31(37-29)41(30-19(5)13-14-36-28(30)18(3)4)33(43)38-32(23)40-20(6)16-39(17-21(40)7)26(42)9-2/h8-15,18,20-21H,1-2,16-17H2,3-7H3/t20-,21-/m0/s1/i1D2,42+2. The molecule has 1 saturated heterocycles. The van der Waals surface area contributed by atoms with Gasteiger partial charge >= 0.3 is 5.69 Å². The van der Waals surface area contributed by atoms with E-state index >= 15 is 4.39 Å². The predicted octanol–water partition coefficient (Wildman–Crippen LogP) is 6.32. The maximum absolute atomic E-state index is 15.5. The van der Waals surface area contributed by atoms with Crippen LogP contribution in [0.1, 0.15) is 53.2 Å². The second-order valence-corrected chi connectivity index (χ2v) is 11.6. The SMILES string of the molecule is [2H]C([2H])=Cc1cccc(F)c1-c1nc2c(cc1Cl)c(N1[C@@H](C)CN(C(=[18O])C=C)C[C@@H]1C)nc(=O)n2-c1c(C)ccnc1C(C)C. The Hall–Kier alpha value is -4.37. The van der Waals surface area contributed by atoms with E-state index in [1.807, 2.05) is 39.5 Å². The van der Waals surface area contributed by atoms with Gasteiger partial charge in [0, 0.05) is 36.9 Å². The fourth-order valence-electron chi connectivity index (χ4n) is 5.92. The zero-order chi connectivity index (χ0) is 32.7. The molecule has 10 heteroatoms. The van der Waals surface area contributed by atoms with E-state index in [9.17, 15) is 9.59 Å². The van der Waals surface area contributed by atoms with Crippen molar-refractivity contribution < 1.29 is 11.9 Å². The van der Waals surface area contributed by atoms with Gasteiger partial charge in [0.2, 0.25) is 5.91 Å². The van der Waals surface area contributed by atoms with Crippen molar-refractivity contribution in [1.29, 1.82) is 0 Å². The molecule has 2 atom stereocenters. The smallest absolute Gasteiger partial charge is 0.347 e. The predicted molar refractivity (Wildman–Crippen MR) is 170 cm³/mol. The Kier molecular flexibility index (Phi) is 7.49. The van der Waals surface area contributed by atoms with E-state index in [1.54, 1.807) is 29.3 Å². The van der Waals surface area contributed by atoms with Gasteiger partial charge in [-0.25, -0.2) is 18.7 Å². The molecule has 0 aliphatic carbocycles. The zero-order valence-electron chi connectivity index (χ0n) is 26.7. The number of benzene rings is 1. The maximum Gasteiger partial charge on any atom is 0.355 e. The average molecular weight is 605 g/mol. The first kappa shape index (κ1) is 27.5. The number of fused-ring (bicyclic) bond motifs is 1. The van der Waals surface area contributed by atoms with E-state index in [4.69, 9.17) is 19.3 Å². The molecule has 3 aromatic heterocycles. The van der Waals surface area contributed by atoms with Gasteiger partial charge in [0.05, 0.1) is 30.2 Å². The van der Waals surface area contributed by atoms with Crippen LogP contribution in [0.15, 0.2) is 60.5 Å². The van der Waals surface area contributed by atoms with E-state index in [0.717, 1.165) is 5.56 Å². The normalized spacial score (nSPS) is 17.6. The topological polar surface area (TPSA) is 84.2 Å². The van der Waals surface area contributed by atoms with Crippen molar-refractivity contribution >= 4 is 40.4 Å². The summed E-state index contributed by atoms with van der Waals surface area (Å²) in [6.07, 6.45) is 4.18. The van der Waals surface area contributed by atoms with Gasteiger partial charge in [-0.3, -0.25) is 9.78 Å². The number of piperazine rings is 1. The lowest BCUT2D eigenvalue weighted by Gasteiger charge is -2.45. The molecule has 0 bridgehead atoms. The Labute approximate surface area is 258 Å². The highest BCUT2D eigenvalue weighted by Crippen LogP contribution is 2.38. The molecule has 43 heavy (non-hydrogen) atoms. The van der Waals surface area contributed by atoms with Crippen molar-refractivity contribution in [3.63, 3.8) is 0 Å². The summed E-state index contributed by atoms with van der Waals surface area (Å²) < 4.78 is 32.3. The summed E-state index contributed by atoms with van der Waals surface area (Å²) in [5, 5.41) is 0.554. The van der Waals surface area contributed by atoms with Gasteiger partial charge in [0.1, 0.15) is 11.6 Å². The van der Waals surface area contributed by atoms with Crippen molar-refractivity contribution in [1.82, 2.24) is 24.4 Å². The fourth-order valence-corrected chi connectivity index (χ4v) is 6.17. The highest BCUT2D eigenvalue weighted by atomic mass is 35.5. The molecule has 5 rings (SSSR count). The van der Waals surface area contributed by atoms with Gasteiger partial charge < -0.3 is 9.80 Å². The summed E-state index contributed by atoms with van der Waals surface area (Å²) >= 11 is 6.88. The highest BCUT2D eigenvalue weighted by Gasteiger charge is 2.34. The minimum absolute atomic E-state index is 0.00374. The van der Waals surface area contributed by atoms with Gasteiger partial charge in [-0.15, -0.1) is 0 Å². The summed E-state index contributed by atoms with van der Waals surface area (Å²) in [5.74, 6) is -0.534. The molecular formula is C33H34ClFN6O2. The minimum atomic E-state index is -0.646. The maximum atomic E-state index is 15.5. The second kappa shape index (κ2) is 11.7. The number of anilines is 1. The number of halogens is 2. The van der Waals surface area contributed by atoms with Gasteiger partial charge in [-0.2, -0.15) is 4.98 Å². The first-order valence-electron chi connectivity index (χ1n) is 15.1. The summed E-state index contributed by atoms with van der Waals surface area (Å²) in [4.78, 5) is 44.4. The van der Waals surface area contributed by atoms with Crippen LogP contribution in [0.3, 0.4) is 0 Å². The lowest BCUT2D eigenvalue weighted by atomic mass is 10.0. The van der Waals surface area contributed by atoms with E-state index in [1.165, 1.54) is 28.9 Å². The van der Waals surface area contributed by atoms with Crippen molar-refractivity contribution in [2.24, 2.45) is 0 Å². The first-order chi connectivity index (χ1) is 21.3. The Morgan fingerprint density at radius 1 is 1.23 bits per heavy atom. The molecule has 222 valence electrons. The van der Waals surface area contributed by atoms with E-state index in [-0.39, 0.29) is 51.4 Å². The van der Waals surface area contributed by atoms with Crippen LogP contribution in [-0.2, 0) is 4.79 Å². The molecule has 1 aliphatic heterocycles. The molecule has 0 saturated carbocycles. The van der Waals surface area contributed by atoms with Crippen LogP contribution in [0.5, 0.6) is 0 Å². The lowest BCUT2D eigenvalue weighted by molar-refractivity contribution is -0.127. The molecule has 8 nitrogen and oxygen atoms in total. The van der Waals surface area contributed by atoms with Crippen LogP contribution in [0.2, 0.25) is 5.02 Å². The molecular weight excluding hydrogens is 569 g/mol. The number of pyridine rings is 2. The number of aryl methyl sites for hydroxylation is 1. The third-order valence-electron chi connectivity index (χ3n) is 7.81. The largest absolute Gasteiger partial charge is 0.355 e. The highest BCUT2D eigenvalue weighted by molar-refractivity contribution is 6.34. The zero-order valence-corrected chi connectivity index (χ0v) is 25.5. The molecule has 0 radical (unpaired) electrons. The number of amides is 1. The molecule has 1 aliphatic rings. The third kappa shape index (κ3) is 5.22. The molecule has 4 heterocycles. The second-order valence-electron chi connectivity index (χ2n) is 11.2. The van der Waals surface area contributed by atoms with Crippen molar-refractivity contribution in [2.75, 3.05) is 18.0 Å². The van der Waals surface area contributed by atoms with Crippen LogP contribution in [-0.4, -0.2) is 55.5 Å². The quantitative estimate of drug-likeness (QED) is 0.189. The molecule has 0 spiro atoms. The molecule has 0 unspecified atom stereocenters. The Balaban J connectivity index is 1.88. The minimum Gasteiger partial charge on any atom is -0.347 e. The van der Waals surface area contributed by atoms with Gasteiger partial charge in [0.25, 0.3) is 0 Å². The third-order valence-corrected chi connectivity index (χ3v) is 8.10. The molecule has 0 N–H and O–H groups in total. The average Bonchev–Trinajstić information content (AvgIpc) is 2.97. The molecule has 1 amide bonds. The monoisotopic (exact) mass is 604 g/mol. The van der Waals surface area contributed by atoms with Crippen molar-refractivity contribution in [3.8, 4) is 16.9 Å². The van der Waals surface area contributed by atoms with Crippen molar-refractivity contribution in [3.05, 3.63) is 93.9 Å². The number of carbonyl (C=O) groups excluding carboxylic acids is 1. The van der Waals surface area contributed by atoms with Crippen LogP contribution in [0, 0.1) is 12.7 Å². The summed E-state index contributed by atoms with van der Waals surface area (Å²) in [7, 11) is 0. The number of carbonyl (C=O) groups is 1. The lowest BCUT2D eigenvalue weighted by Crippen LogP contribution is -2.58. The summed E-state index contributed by atoms with van der Waals surface area (Å²) in [6.45, 7) is 13.6. The van der Waals surface area contributed by atoms with Crippen LogP contribution < -0.4 is 10.6 Å². The van der Waals surface area contributed by atoms with Gasteiger partial charge in [-0.1, -0.05) is 56.8 Å². The number of aromatic nitrogens is 4. The number of rotatable bonds is 6. The molecule has 1 aromatic carbocycles. The Morgan fingerprint density at radius 3 is 2.60 bits per heavy atom. The fraction of sp³-hybridized carbons (Fsp3) is 0.303.